The van der Waals surface area contributed by atoms with E-state index in [0.29, 0.717) is 11.5 Å². The van der Waals surface area contributed by atoms with Crippen molar-refractivity contribution < 1.29 is 25.8 Å². The molecule has 7 heteroatoms. The van der Waals surface area contributed by atoms with Gasteiger partial charge in [0.1, 0.15) is 11.5 Å². The van der Waals surface area contributed by atoms with Crippen molar-refractivity contribution in [3.8, 4) is 28.4 Å². The van der Waals surface area contributed by atoms with E-state index in [1.54, 1.807) is 0 Å². The van der Waals surface area contributed by atoms with Crippen LogP contribution in [0, 0.1) is 12.1 Å². The fourth-order valence-electron chi connectivity index (χ4n) is 9.55. The van der Waals surface area contributed by atoms with Crippen molar-refractivity contribution >= 4 is 63.8 Å². The van der Waals surface area contributed by atoms with Gasteiger partial charge in [-0.25, -0.2) is 4.98 Å². The predicted octanol–water partition coefficient (Wildman–Crippen LogP) is 17.1. The van der Waals surface area contributed by atoms with Crippen LogP contribution in [0.2, 0.25) is 19.6 Å². The topological polar surface area (TPSA) is 33.1 Å². The summed E-state index contributed by atoms with van der Waals surface area (Å²) in [4.78, 5) is 5.01. The molecule has 3 heterocycles. The van der Waals surface area contributed by atoms with Crippen LogP contribution in [0.5, 0.6) is 11.5 Å². The summed E-state index contributed by atoms with van der Waals surface area (Å²) in [7, 11) is -1.83. The molecule has 8 aromatic rings. The van der Waals surface area contributed by atoms with Gasteiger partial charge in [0, 0.05) is 46.6 Å². The van der Waals surface area contributed by atoms with Crippen molar-refractivity contribution in [3.63, 3.8) is 0 Å². The number of fused-ring (bicyclic) bond motifs is 4. The van der Waals surface area contributed by atoms with E-state index in [1.165, 1.54) is 49.8 Å². The molecule has 0 unspecified atom stereocenters. The van der Waals surface area contributed by atoms with Crippen LogP contribution in [0.4, 0.5) is 22.7 Å². The van der Waals surface area contributed by atoms with Gasteiger partial charge in [-0.2, -0.15) is 12.1 Å². The van der Waals surface area contributed by atoms with E-state index in [-0.39, 0.29) is 48.1 Å². The molecule has 9 rings (SSSR count). The van der Waals surface area contributed by atoms with E-state index in [4.69, 9.17) is 9.72 Å². The number of hydrogen-bond acceptors (Lipinski definition) is 2. The number of para-hydroxylation sites is 1. The molecule has 372 valence electrons. The molecule has 0 spiro atoms. The Labute approximate surface area is 446 Å². The number of aromatic nitrogens is 2. The number of hydrogen-bond donors (Lipinski definition) is 0. The van der Waals surface area contributed by atoms with Crippen LogP contribution < -0.4 is 19.1 Å². The summed E-state index contributed by atoms with van der Waals surface area (Å²) < 4.78 is 13.5. The molecule has 72 heavy (non-hydrogen) atoms. The second kappa shape index (κ2) is 18.4. The first kappa shape index (κ1) is 52.7. The summed E-state index contributed by atoms with van der Waals surface area (Å²) in [5.74, 6) is 2.04. The van der Waals surface area contributed by atoms with Crippen LogP contribution in [0.15, 0.2) is 121 Å². The van der Waals surface area contributed by atoms with Crippen LogP contribution >= 0.6 is 0 Å². The maximum absolute atomic E-state index is 6.81. The molecule has 0 saturated carbocycles. The van der Waals surface area contributed by atoms with Gasteiger partial charge in [-0.1, -0.05) is 194 Å². The van der Waals surface area contributed by atoms with Crippen LogP contribution in [0.1, 0.15) is 132 Å². The van der Waals surface area contributed by atoms with E-state index in [0.717, 1.165) is 44.7 Å². The van der Waals surface area contributed by atoms with Crippen LogP contribution in [-0.4, -0.2) is 23.6 Å². The first-order valence-electron chi connectivity index (χ1n) is 25.5. The van der Waals surface area contributed by atoms with Gasteiger partial charge in [-0.05, 0) is 94.2 Å². The molecule has 5 nitrogen and oxygen atoms in total. The van der Waals surface area contributed by atoms with Crippen molar-refractivity contribution in [1.29, 1.82) is 0 Å². The van der Waals surface area contributed by atoms with Gasteiger partial charge < -0.3 is 9.30 Å². The van der Waals surface area contributed by atoms with Crippen molar-refractivity contribution in [2.45, 2.75) is 151 Å². The second-order valence-corrected chi connectivity index (χ2v) is 31.1. The molecule has 2 aromatic heterocycles. The van der Waals surface area contributed by atoms with Crippen molar-refractivity contribution in [1.82, 2.24) is 18.7 Å². The Morgan fingerprint density at radius 2 is 1.10 bits per heavy atom. The van der Waals surface area contributed by atoms with E-state index >= 15 is 0 Å². The predicted molar refractivity (Wildman–Crippen MR) is 305 cm³/mol. The van der Waals surface area contributed by atoms with E-state index in [1.807, 2.05) is 24.4 Å². The molecular formula is C65H74N4OPtSi+2. The minimum absolute atomic E-state index is 0. The minimum atomic E-state index is -1.83. The normalized spacial score (nSPS) is 13.5. The zero-order chi connectivity index (χ0) is 51.4. The third kappa shape index (κ3) is 10.3. The molecule has 0 radical (unpaired) electrons. The Bertz CT molecular complexity index is 3430. The second-order valence-electron chi connectivity index (χ2n) is 26.1. The Morgan fingerprint density at radius 3 is 1.68 bits per heavy atom. The van der Waals surface area contributed by atoms with E-state index < -0.39 is 8.07 Å². The van der Waals surface area contributed by atoms with Crippen molar-refractivity contribution in [2.24, 2.45) is 0 Å². The maximum Gasteiger partial charge on any atom is 2.00 e. The van der Waals surface area contributed by atoms with Gasteiger partial charge in [0.25, 0.3) is 11.4 Å². The van der Waals surface area contributed by atoms with Crippen molar-refractivity contribution in [3.05, 3.63) is 161 Å². The Hall–Kier alpha value is -5.64. The van der Waals surface area contributed by atoms with Gasteiger partial charge in [0.15, 0.2) is 0 Å². The summed E-state index contributed by atoms with van der Waals surface area (Å²) >= 11 is 0. The minimum Gasteiger partial charge on any atom is -0.509 e. The zero-order valence-electron chi connectivity index (χ0n) is 46.1. The van der Waals surface area contributed by atoms with Crippen LogP contribution in [-0.2, 0) is 48.1 Å². The monoisotopic (exact) mass is 1150 g/mol. The SMILES string of the molecule is CC(C)(C)c1cc(-c2ccc3c(c2)c2ccc(Oc4[c-]c([N+]5=C=[N+](c6cc(C(C)(C)C)cc(C(C)(C)C)c6)c6c5cccc6[Si](C)(C)C)ccc4)[c-]c2n3-c2cc(C(C)(C)C)ccn2)cc(C(C)(C)C)c1.[Pt+2]. The molecular weight excluding hydrogens is 1080 g/mol. The van der Waals surface area contributed by atoms with Crippen LogP contribution in [0.3, 0.4) is 0 Å². The fourth-order valence-corrected chi connectivity index (χ4v) is 11.1. The largest absolute Gasteiger partial charge is 2.00 e. The third-order valence-electron chi connectivity index (χ3n) is 14.1. The third-order valence-corrected chi connectivity index (χ3v) is 16.1. The molecule has 6 aromatic carbocycles. The number of benzene rings is 6. The average molecular weight is 1150 g/mol. The molecule has 0 saturated heterocycles. The molecule has 0 amide bonds. The standard InChI is InChI=1S/C65H74N4OSi.Pt/c1-61(2,3)44-29-30-66-59(38-44)69-55-28-25-42(43-31-45(62(4,5)6)34-46(32-43)63(7,8)9)33-54(55)53-27-26-52(40-57(53)69)70-51-22-19-21-49(39-51)67-41-68(60-56(67)23-20-24-58(60)71(16,17)18)50-36-47(64(10,11)12)35-48(37-50)65(13,14)15;/h19-38H,1-18H3;/q;+2. The molecule has 1 aliphatic heterocycles. The van der Waals surface area contributed by atoms with E-state index in [2.05, 4.69) is 252 Å². The number of pyridine rings is 1. The molecule has 0 bridgehead atoms. The summed E-state index contributed by atoms with van der Waals surface area (Å²) in [6.45, 7) is 41.6. The van der Waals surface area contributed by atoms with E-state index in [9.17, 15) is 0 Å². The quantitative estimate of drug-likeness (QED) is 0.0905. The number of ether oxygens (including phenoxy) is 1. The smallest absolute Gasteiger partial charge is 0.509 e. The Balaban J connectivity index is 0.00000693. The van der Waals surface area contributed by atoms with Gasteiger partial charge in [-0.15, -0.1) is 23.6 Å². The summed E-state index contributed by atoms with van der Waals surface area (Å²) in [5.41, 5.74) is 15.0. The molecule has 0 fully saturated rings. The summed E-state index contributed by atoms with van der Waals surface area (Å²) in [6.07, 6.45) is 1.93. The fraction of sp³-hybridized carbons (Fsp3) is 0.354. The van der Waals surface area contributed by atoms with Gasteiger partial charge >= 0.3 is 27.1 Å². The number of rotatable bonds is 7. The average Bonchev–Trinajstić information content (AvgIpc) is 3.83. The summed E-state index contributed by atoms with van der Waals surface area (Å²) in [5, 5.41) is 3.61. The Kier molecular flexibility index (Phi) is 13.4. The Morgan fingerprint density at radius 1 is 0.528 bits per heavy atom. The van der Waals surface area contributed by atoms with Gasteiger partial charge in [0.2, 0.25) is 5.69 Å². The molecule has 0 aliphatic carbocycles. The van der Waals surface area contributed by atoms with Crippen molar-refractivity contribution in [2.75, 3.05) is 0 Å². The molecule has 1 aliphatic rings. The van der Waals surface area contributed by atoms with Gasteiger partial charge in [-0.3, -0.25) is 0 Å². The van der Waals surface area contributed by atoms with Crippen LogP contribution in [0.25, 0.3) is 38.8 Å². The number of nitrogens with zero attached hydrogens (tertiary/aromatic N) is 4. The maximum atomic E-state index is 6.81. The molecule has 0 N–H and O–H groups in total. The summed E-state index contributed by atoms with van der Waals surface area (Å²) in [6, 6.07) is 53.8. The zero-order valence-corrected chi connectivity index (χ0v) is 49.3. The molecule has 0 atom stereocenters. The van der Waals surface area contributed by atoms with Gasteiger partial charge in [0.05, 0.1) is 8.07 Å². The first-order chi connectivity index (χ1) is 32.9. The first-order valence-corrected chi connectivity index (χ1v) is 29.0.